The molecule has 5 nitrogen and oxygen atoms in total. The average molecular weight is 319 g/mol. The quantitative estimate of drug-likeness (QED) is 0.909. The number of aromatic nitrogens is 2. The Morgan fingerprint density at radius 3 is 2.91 bits per heavy atom. The van der Waals surface area contributed by atoms with Crippen LogP contribution in [0.4, 0.5) is 0 Å². The molecule has 3 rings (SSSR count). The van der Waals surface area contributed by atoms with E-state index in [1.165, 1.54) is 6.42 Å². The third-order valence-corrected chi connectivity index (χ3v) is 4.16. The van der Waals surface area contributed by atoms with Crippen molar-refractivity contribution in [3.63, 3.8) is 0 Å². The van der Waals surface area contributed by atoms with Crippen LogP contribution in [0.1, 0.15) is 28.9 Å². The van der Waals surface area contributed by atoms with Gasteiger partial charge in [-0.15, -0.1) is 0 Å². The molecule has 2 heterocycles. The lowest BCUT2D eigenvalue weighted by atomic mass is 10.2. The van der Waals surface area contributed by atoms with Crippen molar-refractivity contribution in [3.05, 3.63) is 46.7 Å². The van der Waals surface area contributed by atoms with Crippen molar-refractivity contribution in [3.8, 4) is 5.69 Å². The fraction of sp³-hybridized carbons (Fsp3) is 0.375. The highest BCUT2D eigenvalue weighted by Gasteiger charge is 2.18. The molecule has 6 heteroatoms. The van der Waals surface area contributed by atoms with Crippen LogP contribution in [0.3, 0.4) is 0 Å². The number of carbonyl (C=O) groups is 1. The van der Waals surface area contributed by atoms with E-state index in [9.17, 15) is 4.79 Å². The van der Waals surface area contributed by atoms with Crippen molar-refractivity contribution >= 4 is 17.5 Å². The summed E-state index contributed by atoms with van der Waals surface area (Å²) < 4.78 is 1.70. The van der Waals surface area contributed by atoms with E-state index in [-0.39, 0.29) is 5.91 Å². The Kier molecular flexibility index (Phi) is 4.45. The first kappa shape index (κ1) is 15.1. The van der Waals surface area contributed by atoms with Gasteiger partial charge in [0, 0.05) is 23.8 Å². The summed E-state index contributed by atoms with van der Waals surface area (Å²) in [5, 5.41) is 11.4. The summed E-state index contributed by atoms with van der Waals surface area (Å²) in [5.41, 5.74) is 2.20. The van der Waals surface area contributed by atoms with Crippen LogP contribution in [0.15, 0.2) is 30.5 Å². The number of nitrogens with zero attached hydrogens (tertiary/aromatic N) is 2. The molecule has 2 N–H and O–H groups in total. The standard InChI is InChI=1S/C16H19ClN4O/c1-11-15(16(22)19-9-13-3-2-8-18-13)10-21(20-11)14-6-4-12(17)5-7-14/h4-7,10,13,18H,2-3,8-9H2,1H3,(H,19,22). The number of hydrogen-bond donors (Lipinski definition) is 2. The smallest absolute Gasteiger partial charge is 0.254 e. The van der Waals surface area contributed by atoms with Gasteiger partial charge in [0.1, 0.15) is 0 Å². The summed E-state index contributed by atoms with van der Waals surface area (Å²) in [6, 6.07) is 7.74. The van der Waals surface area contributed by atoms with Gasteiger partial charge in [-0.3, -0.25) is 4.79 Å². The molecule has 1 aliphatic rings. The first-order chi connectivity index (χ1) is 10.6. The second-order valence-electron chi connectivity index (χ2n) is 5.55. The molecule has 2 aromatic rings. The van der Waals surface area contributed by atoms with E-state index >= 15 is 0 Å². The van der Waals surface area contributed by atoms with Crippen LogP contribution >= 0.6 is 11.6 Å². The van der Waals surface area contributed by atoms with Gasteiger partial charge in [-0.25, -0.2) is 4.68 Å². The lowest BCUT2D eigenvalue weighted by Crippen LogP contribution is -2.37. The number of nitrogens with one attached hydrogen (secondary N) is 2. The summed E-state index contributed by atoms with van der Waals surface area (Å²) in [4.78, 5) is 12.3. The fourth-order valence-electron chi connectivity index (χ4n) is 2.65. The van der Waals surface area contributed by atoms with Crippen LogP contribution in [0.25, 0.3) is 5.69 Å². The van der Waals surface area contributed by atoms with E-state index in [1.807, 2.05) is 19.1 Å². The highest BCUT2D eigenvalue weighted by atomic mass is 35.5. The maximum atomic E-state index is 12.3. The monoisotopic (exact) mass is 318 g/mol. The van der Waals surface area contributed by atoms with Gasteiger partial charge >= 0.3 is 0 Å². The molecule has 0 radical (unpaired) electrons. The van der Waals surface area contributed by atoms with Gasteiger partial charge in [0.15, 0.2) is 0 Å². The summed E-state index contributed by atoms with van der Waals surface area (Å²) in [7, 11) is 0. The predicted molar refractivity (Wildman–Crippen MR) is 86.7 cm³/mol. The van der Waals surface area contributed by atoms with Gasteiger partial charge in [0.05, 0.1) is 16.9 Å². The molecule has 1 atom stereocenters. The molecular weight excluding hydrogens is 300 g/mol. The first-order valence-electron chi connectivity index (χ1n) is 7.47. The van der Waals surface area contributed by atoms with E-state index < -0.39 is 0 Å². The Labute approximate surface area is 134 Å². The molecule has 0 saturated carbocycles. The summed E-state index contributed by atoms with van der Waals surface area (Å²) in [6.45, 7) is 3.54. The van der Waals surface area contributed by atoms with Crippen LogP contribution in [0.5, 0.6) is 0 Å². The van der Waals surface area contributed by atoms with Crippen molar-refractivity contribution in [2.75, 3.05) is 13.1 Å². The maximum absolute atomic E-state index is 12.3. The lowest BCUT2D eigenvalue weighted by Gasteiger charge is -2.10. The summed E-state index contributed by atoms with van der Waals surface area (Å²) >= 11 is 5.89. The van der Waals surface area contributed by atoms with E-state index in [2.05, 4.69) is 15.7 Å². The van der Waals surface area contributed by atoms with Crippen LogP contribution in [0.2, 0.25) is 5.02 Å². The van der Waals surface area contributed by atoms with Crippen molar-refractivity contribution < 1.29 is 4.79 Å². The van der Waals surface area contributed by atoms with Crippen LogP contribution in [-0.2, 0) is 0 Å². The Hall–Kier alpha value is -1.85. The molecule has 0 spiro atoms. The fourth-order valence-corrected chi connectivity index (χ4v) is 2.78. The SMILES string of the molecule is Cc1nn(-c2ccc(Cl)cc2)cc1C(=O)NCC1CCCN1. The van der Waals surface area contributed by atoms with Crippen LogP contribution in [-0.4, -0.2) is 34.8 Å². The normalized spacial score (nSPS) is 17.6. The molecular formula is C16H19ClN4O. The topological polar surface area (TPSA) is 59.0 Å². The molecule has 1 aliphatic heterocycles. The number of benzene rings is 1. The molecule has 116 valence electrons. The first-order valence-corrected chi connectivity index (χ1v) is 7.85. The summed E-state index contributed by atoms with van der Waals surface area (Å²) in [5.74, 6) is -0.0774. The van der Waals surface area contributed by atoms with E-state index in [1.54, 1.807) is 23.0 Å². The van der Waals surface area contributed by atoms with E-state index in [0.29, 0.717) is 28.9 Å². The Balaban J connectivity index is 1.71. The maximum Gasteiger partial charge on any atom is 0.254 e. The minimum Gasteiger partial charge on any atom is -0.350 e. The minimum absolute atomic E-state index is 0.0774. The van der Waals surface area contributed by atoms with Gasteiger partial charge in [-0.05, 0) is 50.6 Å². The molecule has 1 aromatic heterocycles. The van der Waals surface area contributed by atoms with Crippen molar-refractivity contribution in [2.24, 2.45) is 0 Å². The number of amides is 1. The van der Waals surface area contributed by atoms with Gasteiger partial charge in [0.2, 0.25) is 0 Å². The third-order valence-electron chi connectivity index (χ3n) is 3.91. The van der Waals surface area contributed by atoms with E-state index in [0.717, 1.165) is 18.7 Å². The zero-order valence-electron chi connectivity index (χ0n) is 12.5. The lowest BCUT2D eigenvalue weighted by molar-refractivity contribution is 0.0949. The number of aryl methyl sites for hydroxylation is 1. The van der Waals surface area contributed by atoms with Crippen molar-refractivity contribution in [1.29, 1.82) is 0 Å². The van der Waals surface area contributed by atoms with Crippen LogP contribution in [0, 0.1) is 6.92 Å². The number of hydrogen-bond acceptors (Lipinski definition) is 3. The number of halogens is 1. The zero-order valence-corrected chi connectivity index (χ0v) is 13.2. The second-order valence-corrected chi connectivity index (χ2v) is 5.99. The zero-order chi connectivity index (χ0) is 15.5. The molecule has 1 unspecified atom stereocenters. The van der Waals surface area contributed by atoms with Crippen LogP contribution < -0.4 is 10.6 Å². The average Bonchev–Trinajstić information content (AvgIpc) is 3.15. The van der Waals surface area contributed by atoms with E-state index in [4.69, 9.17) is 11.6 Å². The highest BCUT2D eigenvalue weighted by molar-refractivity contribution is 6.30. The van der Waals surface area contributed by atoms with Gasteiger partial charge in [-0.1, -0.05) is 11.6 Å². The molecule has 1 amide bonds. The highest BCUT2D eigenvalue weighted by Crippen LogP contribution is 2.15. The molecule has 0 bridgehead atoms. The number of rotatable bonds is 4. The molecule has 1 aromatic carbocycles. The van der Waals surface area contributed by atoms with Gasteiger partial charge < -0.3 is 10.6 Å². The molecule has 22 heavy (non-hydrogen) atoms. The molecule has 1 saturated heterocycles. The molecule has 0 aliphatic carbocycles. The summed E-state index contributed by atoms with van der Waals surface area (Å²) in [6.07, 6.45) is 4.05. The minimum atomic E-state index is -0.0774. The Morgan fingerprint density at radius 2 is 2.23 bits per heavy atom. The largest absolute Gasteiger partial charge is 0.350 e. The van der Waals surface area contributed by atoms with Gasteiger partial charge in [-0.2, -0.15) is 5.10 Å². The molecule has 1 fully saturated rings. The Morgan fingerprint density at radius 1 is 1.45 bits per heavy atom. The second kappa shape index (κ2) is 6.50. The van der Waals surface area contributed by atoms with Crippen molar-refractivity contribution in [2.45, 2.75) is 25.8 Å². The van der Waals surface area contributed by atoms with Crippen molar-refractivity contribution in [1.82, 2.24) is 20.4 Å². The van der Waals surface area contributed by atoms with Gasteiger partial charge in [0.25, 0.3) is 5.91 Å². The Bertz CT molecular complexity index is 659. The third kappa shape index (κ3) is 3.31. The predicted octanol–water partition coefficient (Wildman–Crippen LogP) is 2.32. The number of carbonyl (C=O) groups excluding carboxylic acids is 1.